The van der Waals surface area contributed by atoms with Gasteiger partial charge in [0.25, 0.3) is 11.8 Å². The van der Waals surface area contributed by atoms with Gasteiger partial charge in [0.15, 0.2) is 17.6 Å². The van der Waals surface area contributed by atoms with Crippen LogP contribution in [0.15, 0.2) is 77.9 Å². The molecule has 0 unspecified atom stereocenters. The summed E-state index contributed by atoms with van der Waals surface area (Å²) >= 11 is 5.13. The van der Waals surface area contributed by atoms with Gasteiger partial charge in [0.1, 0.15) is 5.75 Å². The zero-order valence-electron chi connectivity index (χ0n) is 16.7. The minimum Gasteiger partial charge on any atom is -0.483 e. The van der Waals surface area contributed by atoms with Gasteiger partial charge in [-0.2, -0.15) is 5.10 Å². The number of benzene rings is 3. The van der Waals surface area contributed by atoms with Crippen molar-refractivity contribution in [2.24, 2.45) is 11.0 Å². The smallest absolute Gasteiger partial charge is 0.277 e. The van der Waals surface area contributed by atoms with Crippen LogP contribution in [-0.4, -0.2) is 35.7 Å². The van der Waals surface area contributed by atoms with Crippen LogP contribution in [0.1, 0.15) is 0 Å². The van der Waals surface area contributed by atoms with E-state index >= 15 is 0 Å². The van der Waals surface area contributed by atoms with Crippen molar-refractivity contribution >= 4 is 57.7 Å². The van der Waals surface area contributed by atoms with E-state index in [4.69, 9.17) is 17.0 Å². The molecule has 1 aliphatic rings. The molecule has 9 heteroatoms. The maximum absolute atomic E-state index is 12.8. The molecule has 8 nitrogen and oxygen atoms in total. The number of nitrogens with zero attached hydrogens (tertiary/aromatic N) is 2. The molecular weight excluding hydrogens is 428 g/mol. The molecule has 0 aromatic heterocycles. The molecule has 1 aliphatic heterocycles. The number of carbonyl (C=O) groups is 3. The third kappa shape index (κ3) is 4.47. The molecule has 32 heavy (non-hydrogen) atoms. The summed E-state index contributed by atoms with van der Waals surface area (Å²) in [6, 6.07) is 21.9. The average Bonchev–Trinajstić information content (AvgIpc) is 2.80. The van der Waals surface area contributed by atoms with Gasteiger partial charge in [-0.15, -0.1) is 0 Å². The SMILES string of the molecule is O=C(COc1cccc2ccccc12)N/N=C\[C@@H]1C(=O)NC(=S)N(c2ccccc2)C1=O. The number of amides is 3. The second kappa shape index (κ2) is 9.36. The lowest BCUT2D eigenvalue weighted by molar-refractivity contribution is -0.130. The fourth-order valence-electron chi connectivity index (χ4n) is 3.22. The Morgan fingerprint density at radius 2 is 1.78 bits per heavy atom. The quantitative estimate of drug-likeness (QED) is 0.262. The third-order valence-electron chi connectivity index (χ3n) is 4.74. The van der Waals surface area contributed by atoms with Crippen LogP contribution in [0, 0.1) is 5.92 Å². The van der Waals surface area contributed by atoms with Crippen molar-refractivity contribution in [3.63, 3.8) is 0 Å². The van der Waals surface area contributed by atoms with E-state index in [1.165, 1.54) is 4.90 Å². The maximum Gasteiger partial charge on any atom is 0.277 e. The molecule has 3 amide bonds. The maximum atomic E-state index is 12.8. The highest BCUT2D eigenvalue weighted by Crippen LogP contribution is 2.25. The van der Waals surface area contributed by atoms with E-state index in [9.17, 15) is 14.4 Å². The number of rotatable bonds is 6. The summed E-state index contributed by atoms with van der Waals surface area (Å²) in [5.74, 6) is -2.38. The highest BCUT2D eigenvalue weighted by molar-refractivity contribution is 7.80. The van der Waals surface area contributed by atoms with Gasteiger partial charge in [-0.05, 0) is 35.8 Å². The number of hydrogen-bond acceptors (Lipinski definition) is 6. The number of hydrogen-bond donors (Lipinski definition) is 2. The number of thiocarbonyl (C=S) groups is 1. The van der Waals surface area contributed by atoms with Crippen LogP contribution in [0.2, 0.25) is 0 Å². The zero-order valence-corrected chi connectivity index (χ0v) is 17.5. The molecule has 0 spiro atoms. The van der Waals surface area contributed by atoms with E-state index in [1.807, 2.05) is 36.4 Å². The first kappa shape index (κ1) is 21.1. The Morgan fingerprint density at radius 1 is 1.06 bits per heavy atom. The van der Waals surface area contributed by atoms with Crippen LogP contribution in [0.3, 0.4) is 0 Å². The molecule has 1 fully saturated rings. The largest absolute Gasteiger partial charge is 0.483 e. The summed E-state index contributed by atoms with van der Waals surface area (Å²) in [5.41, 5.74) is 2.80. The van der Waals surface area contributed by atoms with Gasteiger partial charge in [0.2, 0.25) is 5.91 Å². The van der Waals surface area contributed by atoms with Gasteiger partial charge < -0.3 is 10.1 Å². The fourth-order valence-corrected chi connectivity index (χ4v) is 3.52. The van der Waals surface area contributed by atoms with Gasteiger partial charge in [0, 0.05) is 11.6 Å². The lowest BCUT2D eigenvalue weighted by Gasteiger charge is -2.30. The molecule has 160 valence electrons. The number of ether oxygens (including phenoxy) is 1. The standard InChI is InChI=1S/C23H18N4O4S/c28-20(14-31-19-12-6-8-15-7-4-5-11-17(15)19)26-24-13-18-21(29)25-23(32)27(22(18)30)16-9-2-1-3-10-16/h1-13,18H,14H2,(H,26,28)(H,25,29,32)/b24-13-/t18-/m1/s1. The topological polar surface area (TPSA) is 100 Å². The molecule has 4 rings (SSSR count). The Balaban J connectivity index is 1.38. The second-order valence-electron chi connectivity index (χ2n) is 6.86. The van der Waals surface area contributed by atoms with Crippen molar-refractivity contribution in [3.8, 4) is 5.75 Å². The van der Waals surface area contributed by atoms with Crippen molar-refractivity contribution in [1.29, 1.82) is 0 Å². The average molecular weight is 446 g/mol. The van der Waals surface area contributed by atoms with Gasteiger partial charge in [-0.1, -0.05) is 54.6 Å². The van der Waals surface area contributed by atoms with Gasteiger partial charge >= 0.3 is 0 Å². The van der Waals surface area contributed by atoms with E-state index in [-0.39, 0.29) is 11.7 Å². The van der Waals surface area contributed by atoms with E-state index in [2.05, 4.69) is 15.8 Å². The Hall–Kier alpha value is -4.11. The number of anilines is 1. The van der Waals surface area contributed by atoms with Crippen molar-refractivity contribution in [2.75, 3.05) is 11.5 Å². The lowest BCUT2D eigenvalue weighted by Crippen LogP contribution is -2.58. The highest BCUT2D eigenvalue weighted by atomic mass is 32.1. The summed E-state index contributed by atoms with van der Waals surface area (Å²) in [5, 5.41) is 8.11. The highest BCUT2D eigenvalue weighted by Gasteiger charge is 2.38. The molecule has 0 radical (unpaired) electrons. The van der Waals surface area contributed by atoms with E-state index in [1.54, 1.807) is 36.4 Å². The Bertz CT molecular complexity index is 1220. The van der Waals surface area contributed by atoms with Gasteiger partial charge in [-0.25, -0.2) is 5.43 Å². The first-order valence-electron chi connectivity index (χ1n) is 9.71. The minimum atomic E-state index is -1.24. The van der Waals surface area contributed by atoms with Gasteiger partial charge in [-0.3, -0.25) is 19.3 Å². The predicted octanol–water partition coefficient (Wildman–Crippen LogP) is 2.38. The molecule has 0 bridgehead atoms. The monoisotopic (exact) mass is 446 g/mol. The molecule has 2 N–H and O–H groups in total. The summed E-state index contributed by atoms with van der Waals surface area (Å²) in [6.07, 6.45) is 1.07. The summed E-state index contributed by atoms with van der Waals surface area (Å²) in [7, 11) is 0. The molecule has 0 saturated carbocycles. The molecule has 3 aromatic rings. The predicted molar refractivity (Wildman–Crippen MR) is 124 cm³/mol. The molecular formula is C23H18N4O4S. The van der Waals surface area contributed by atoms with Crippen molar-refractivity contribution in [3.05, 3.63) is 72.8 Å². The minimum absolute atomic E-state index is 0.0108. The molecule has 0 aliphatic carbocycles. The summed E-state index contributed by atoms with van der Waals surface area (Å²) in [4.78, 5) is 38.4. The molecule has 1 saturated heterocycles. The Kier molecular flexibility index (Phi) is 6.18. The van der Waals surface area contributed by atoms with E-state index < -0.39 is 23.6 Å². The molecule has 1 heterocycles. The van der Waals surface area contributed by atoms with E-state index in [0.29, 0.717) is 11.4 Å². The zero-order chi connectivity index (χ0) is 22.5. The molecule has 1 atom stereocenters. The van der Waals surface area contributed by atoms with Crippen LogP contribution in [0.25, 0.3) is 10.8 Å². The van der Waals surface area contributed by atoms with Crippen LogP contribution >= 0.6 is 12.2 Å². The van der Waals surface area contributed by atoms with Crippen LogP contribution in [0.5, 0.6) is 5.75 Å². The number of carbonyl (C=O) groups excluding carboxylic acids is 3. The molecule has 3 aromatic carbocycles. The van der Waals surface area contributed by atoms with Crippen molar-refractivity contribution in [2.45, 2.75) is 0 Å². The number of para-hydroxylation sites is 1. The third-order valence-corrected chi connectivity index (χ3v) is 5.02. The van der Waals surface area contributed by atoms with Crippen molar-refractivity contribution < 1.29 is 19.1 Å². The Morgan fingerprint density at radius 3 is 2.59 bits per heavy atom. The first-order valence-corrected chi connectivity index (χ1v) is 10.1. The normalized spacial score (nSPS) is 16.3. The van der Waals surface area contributed by atoms with Crippen LogP contribution < -0.4 is 20.4 Å². The number of fused-ring (bicyclic) bond motifs is 1. The number of hydrazone groups is 1. The second-order valence-corrected chi connectivity index (χ2v) is 7.25. The lowest BCUT2D eigenvalue weighted by atomic mass is 10.1. The summed E-state index contributed by atoms with van der Waals surface area (Å²) in [6.45, 7) is -0.281. The van der Waals surface area contributed by atoms with Crippen molar-refractivity contribution in [1.82, 2.24) is 10.7 Å². The Labute approximate surface area is 188 Å². The summed E-state index contributed by atoms with van der Waals surface area (Å²) < 4.78 is 5.60. The first-order chi connectivity index (χ1) is 15.5. The number of nitrogens with one attached hydrogen (secondary N) is 2. The van der Waals surface area contributed by atoms with Gasteiger partial charge in [0.05, 0.1) is 5.69 Å². The van der Waals surface area contributed by atoms with Crippen LogP contribution in [0.4, 0.5) is 5.69 Å². The van der Waals surface area contributed by atoms with E-state index in [0.717, 1.165) is 17.0 Å². The van der Waals surface area contributed by atoms with Crippen LogP contribution in [-0.2, 0) is 14.4 Å². The fraction of sp³-hybridized carbons (Fsp3) is 0.0870.